The second-order valence-corrected chi connectivity index (χ2v) is 4.15. The van der Waals surface area contributed by atoms with Crippen LogP contribution in [0.25, 0.3) is 10.9 Å². The van der Waals surface area contributed by atoms with E-state index in [4.69, 9.17) is 17.4 Å². The molecule has 2 aromatic rings. The van der Waals surface area contributed by atoms with Gasteiger partial charge in [-0.2, -0.15) is 0 Å². The van der Waals surface area contributed by atoms with E-state index in [0.717, 1.165) is 35.1 Å². The minimum absolute atomic E-state index is 0.709. The van der Waals surface area contributed by atoms with Gasteiger partial charge in [-0.3, -0.25) is 10.8 Å². The summed E-state index contributed by atoms with van der Waals surface area (Å²) >= 11 is 5.94. The van der Waals surface area contributed by atoms with Crippen molar-refractivity contribution in [2.24, 2.45) is 5.84 Å². The zero-order chi connectivity index (χ0) is 11.5. The summed E-state index contributed by atoms with van der Waals surface area (Å²) in [6, 6.07) is 7.65. The van der Waals surface area contributed by atoms with Gasteiger partial charge in [0.15, 0.2) is 0 Å². The van der Waals surface area contributed by atoms with Crippen molar-refractivity contribution in [1.82, 2.24) is 4.98 Å². The smallest absolute Gasteiger partial charge is 0.0708 e. The zero-order valence-corrected chi connectivity index (χ0v) is 9.88. The van der Waals surface area contributed by atoms with E-state index >= 15 is 0 Å². The molecule has 3 nitrogen and oxygen atoms in total. The van der Waals surface area contributed by atoms with Gasteiger partial charge in [0, 0.05) is 10.4 Å². The number of hydrogen-bond donors (Lipinski definition) is 2. The number of benzene rings is 1. The molecule has 2 rings (SSSR count). The molecule has 16 heavy (non-hydrogen) atoms. The van der Waals surface area contributed by atoms with Crippen LogP contribution in [0, 0.1) is 0 Å². The normalized spacial score (nSPS) is 10.7. The monoisotopic (exact) mass is 235 g/mol. The molecule has 0 spiro atoms. The Morgan fingerprint density at radius 3 is 2.88 bits per heavy atom. The van der Waals surface area contributed by atoms with Gasteiger partial charge in [0.25, 0.3) is 0 Å². The van der Waals surface area contributed by atoms with Crippen LogP contribution in [0.5, 0.6) is 0 Å². The Hall–Kier alpha value is -1.32. The van der Waals surface area contributed by atoms with Crippen molar-refractivity contribution in [2.75, 3.05) is 5.43 Å². The Bertz CT molecular complexity index is 511. The van der Waals surface area contributed by atoms with Crippen molar-refractivity contribution < 1.29 is 0 Å². The fourth-order valence-electron chi connectivity index (χ4n) is 1.74. The molecule has 0 aliphatic carbocycles. The average Bonchev–Trinajstić information content (AvgIpc) is 2.29. The van der Waals surface area contributed by atoms with Gasteiger partial charge < -0.3 is 5.43 Å². The molecule has 0 radical (unpaired) electrons. The lowest BCUT2D eigenvalue weighted by Gasteiger charge is -2.09. The molecule has 84 valence electrons. The predicted molar refractivity (Wildman–Crippen MR) is 68.6 cm³/mol. The van der Waals surface area contributed by atoms with Crippen molar-refractivity contribution in [3.63, 3.8) is 0 Å². The number of aryl methyl sites for hydroxylation is 1. The van der Waals surface area contributed by atoms with Crippen molar-refractivity contribution in [3.05, 3.63) is 35.0 Å². The maximum Gasteiger partial charge on any atom is 0.0708 e. The summed E-state index contributed by atoms with van der Waals surface area (Å²) in [4.78, 5) is 4.58. The maximum atomic E-state index is 5.94. The number of fused-ring (bicyclic) bond motifs is 1. The number of nitrogen functional groups attached to an aromatic ring is 1. The Morgan fingerprint density at radius 1 is 1.38 bits per heavy atom. The molecule has 0 saturated carbocycles. The van der Waals surface area contributed by atoms with E-state index in [2.05, 4.69) is 17.3 Å². The molecule has 0 unspecified atom stereocenters. The van der Waals surface area contributed by atoms with Crippen LogP contribution in [-0.4, -0.2) is 4.98 Å². The molecule has 1 aromatic carbocycles. The van der Waals surface area contributed by atoms with Crippen LogP contribution >= 0.6 is 11.6 Å². The summed E-state index contributed by atoms with van der Waals surface area (Å²) in [7, 11) is 0. The van der Waals surface area contributed by atoms with Gasteiger partial charge in [-0.05, 0) is 30.7 Å². The van der Waals surface area contributed by atoms with Crippen LogP contribution in [0.2, 0.25) is 5.02 Å². The van der Waals surface area contributed by atoms with Gasteiger partial charge in [-0.15, -0.1) is 0 Å². The van der Waals surface area contributed by atoms with E-state index < -0.39 is 0 Å². The second-order valence-electron chi connectivity index (χ2n) is 3.71. The molecular formula is C12H14ClN3. The first kappa shape index (κ1) is 11.2. The SMILES string of the molecule is CCCc1nc2ccc(Cl)cc2cc1NN. The van der Waals surface area contributed by atoms with E-state index in [9.17, 15) is 0 Å². The number of anilines is 1. The van der Waals surface area contributed by atoms with Crippen LogP contribution in [0.4, 0.5) is 5.69 Å². The lowest BCUT2D eigenvalue weighted by atomic mass is 10.1. The average molecular weight is 236 g/mol. The molecular weight excluding hydrogens is 222 g/mol. The predicted octanol–water partition coefficient (Wildman–Crippen LogP) is 3.13. The van der Waals surface area contributed by atoms with E-state index in [1.165, 1.54) is 0 Å². The molecule has 0 atom stereocenters. The first-order chi connectivity index (χ1) is 7.74. The summed E-state index contributed by atoms with van der Waals surface area (Å²) in [5.41, 5.74) is 5.51. The Balaban J connectivity index is 2.60. The number of nitrogens with zero attached hydrogens (tertiary/aromatic N) is 1. The molecule has 0 aliphatic rings. The summed E-state index contributed by atoms with van der Waals surface area (Å²) < 4.78 is 0. The van der Waals surface area contributed by atoms with Gasteiger partial charge in [0.2, 0.25) is 0 Å². The number of nitrogens with one attached hydrogen (secondary N) is 1. The first-order valence-electron chi connectivity index (χ1n) is 5.30. The highest BCUT2D eigenvalue weighted by molar-refractivity contribution is 6.31. The minimum Gasteiger partial charge on any atom is -0.322 e. The highest BCUT2D eigenvalue weighted by atomic mass is 35.5. The van der Waals surface area contributed by atoms with Crippen molar-refractivity contribution in [2.45, 2.75) is 19.8 Å². The van der Waals surface area contributed by atoms with Crippen LogP contribution < -0.4 is 11.3 Å². The highest BCUT2D eigenvalue weighted by Crippen LogP contribution is 2.24. The van der Waals surface area contributed by atoms with Crippen LogP contribution in [0.3, 0.4) is 0 Å². The summed E-state index contributed by atoms with van der Waals surface area (Å²) in [6.07, 6.45) is 1.96. The molecule has 3 N–H and O–H groups in total. The lowest BCUT2D eigenvalue weighted by Crippen LogP contribution is -2.10. The van der Waals surface area contributed by atoms with E-state index in [0.29, 0.717) is 5.02 Å². The maximum absolute atomic E-state index is 5.94. The molecule has 0 fully saturated rings. The quantitative estimate of drug-likeness (QED) is 0.635. The van der Waals surface area contributed by atoms with Crippen LogP contribution in [-0.2, 0) is 6.42 Å². The number of hydrazine groups is 1. The summed E-state index contributed by atoms with van der Waals surface area (Å²) in [6.45, 7) is 2.12. The van der Waals surface area contributed by atoms with Gasteiger partial charge in [0.1, 0.15) is 0 Å². The van der Waals surface area contributed by atoms with Crippen LogP contribution in [0.1, 0.15) is 19.0 Å². The topological polar surface area (TPSA) is 50.9 Å². The van der Waals surface area contributed by atoms with E-state index in [1.54, 1.807) is 0 Å². The van der Waals surface area contributed by atoms with Gasteiger partial charge in [-0.25, -0.2) is 0 Å². The highest BCUT2D eigenvalue weighted by Gasteiger charge is 2.05. The number of hydrogen-bond acceptors (Lipinski definition) is 3. The first-order valence-corrected chi connectivity index (χ1v) is 5.68. The second kappa shape index (κ2) is 4.68. The third kappa shape index (κ3) is 2.10. The molecule has 1 aromatic heterocycles. The third-order valence-electron chi connectivity index (χ3n) is 2.50. The fraction of sp³-hybridized carbons (Fsp3) is 0.250. The third-order valence-corrected chi connectivity index (χ3v) is 2.73. The molecule has 0 saturated heterocycles. The van der Waals surface area contributed by atoms with Crippen molar-refractivity contribution in [1.29, 1.82) is 0 Å². The standard InChI is InChI=1S/C12H14ClN3/c1-2-3-11-12(16-14)7-8-6-9(13)4-5-10(8)15-11/h4-7,16H,2-3,14H2,1H3. The number of aromatic nitrogens is 1. The lowest BCUT2D eigenvalue weighted by molar-refractivity contribution is 0.890. The molecule has 4 heteroatoms. The zero-order valence-electron chi connectivity index (χ0n) is 9.13. The number of rotatable bonds is 3. The Kier molecular flexibility index (Phi) is 3.27. The minimum atomic E-state index is 0.709. The number of halogens is 1. The van der Waals surface area contributed by atoms with Gasteiger partial charge >= 0.3 is 0 Å². The van der Waals surface area contributed by atoms with Crippen molar-refractivity contribution >= 4 is 28.2 Å². The molecule has 0 bridgehead atoms. The molecule has 0 amide bonds. The summed E-state index contributed by atoms with van der Waals surface area (Å²) in [5, 5.41) is 1.71. The molecule has 0 aliphatic heterocycles. The molecule has 1 heterocycles. The van der Waals surface area contributed by atoms with E-state index in [-0.39, 0.29) is 0 Å². The Morgan fingerprint density at radius 2 is 2.19 bits per heavy atom. The van der Waals surface area contributed by atoms with E-state index in [1.807, 2.05) is 24.3 Å². The van der Waals surface area contributed by atoms with Crippen LogP contribution in [0.15, 0.2) is 24.3 Å². The number of nitrogens with two attached hydrogens (primary N) is 1. The summed E-state index contributed by atoms with van der Waals surface area (Å²) in [5.74, 6) is 5.49. The van der Waals surface area contributed by atoms with Gasteiger partial charge in [-0.1, -0.05) is 24.9 Å². The van der Waals surface area contributed by atoms with Crippen molar-refractivity contribution in [3.8, 4) is 0 Å². The Labute approximate surface area is 99.6 Å². The largest absolute Gasteiger partial charge is 0.322 e. The fourth-order valence-corrected chi connectivity index (χ4v) is 1.92. The van der Waals surface area contributed by atoms with Gasteiger partial charge in [0.05, 0.1) is 16.9 Å². The number of pyridine rings is 1.